The molecule has 2 fully saturated rings. The van der Waals surface area contributed by atoms with E-state index in [1.54, 1.807) is 7.11 Å². The lowest BCUT2D eigenvalue weighted by atomic mass is 9.85. The van der Waals surface area contributed by atoms with Crippen molar-refractivity contribution in [1.29, 1.82) is 5.26 Å². The normalized spacial score (nSPS) is 20.6. The molecule has 240 valence electrons. The van der Waals surface area contributed by atoms with Crippen LogP contribution in [0.5, 0.6) is 5.75 Å². The molecule has 0 bridgehead atoms. The van der Waals surface area contributed by atoms with E-state index in [0.717, 1.165) is 63.4 Å². The van der Waals surface area contributed by atoms with Gasteiger partial charge in [0.15, 0.2) is 0 Å². The topological polar surface area (TPSA) is 94.6 Å². The molecule has 5 rings (SSSR count). The Labute approximate surface area is 268 Å². The van der Waals surface area contributed by atoms with Crippen molar-refractivity contribution >= 4 is 5.97 Å². The van der Waals surface area contributed by atoms with Crippen LogP contribution in [0.4, 0.5) is 0 Å². The molecule has 0 unspecified atom stereocenters. The molecule has 3 heterocycles. The number of benzene rings is 2. The molecule has 0 spiro atoms. The van der Waals surface area contributed by atoms with Gasteiger partial charge in [0.05, 0.1) is 18.4 Å². The van der Waals surface area contributed by atoms with Crippen molar-refractivity contribution in [3.63, 3.8) is 0 Å². The number of hydrogen-bond donors (Lipinski definition) is 1. The summed E-state index contributed by atoms with van der Waals surface area (Å²) < 4.78 is 7.47. The third-order valence-corrected chi connectivity index (χ3v) is 9.79. The molecule has 45 heavy (non-hydrogen) atoms. The zero-order valence-corrected chi connectivity index (χ0v) is 27.8. The lowest BCUT2D eigenvalue weighted by molar-refractivity contribution is -0.147. The molecule has 8 nitrogen and oxygen atoms in total. The quantitative estimate of drug-likeness (QED) is 0.297. The van der Waals surface area contributed by atoms with Crippen molar-refractivity contribution in [2.75, 3.05) is 39.8 Å². The van der Waals surface area contributed by atoms with E-state index in [4.69, 9.17) is 9.84 Å². The molecular formula is C37H49N5O3. The fraction of sp³-hybridized carbons (Fsp3) is 0.541. The van der Waals surface area contributed by atoms with E-state index in [0.29, 0.717) is 35.5 Å². The van der Waals surface area contributed by atoms with Gasteiger partial charge in [-0.3, -0.25) is 14.4 Å². The average Bonchev–Trinajstić information content (AvgIpc) is 3.60. The molecule has 0 amide bonds. The number of nitrogens with zero attached hydrogens (tertiary/aromatic N) is 5. The lowest BCUT2D eigenvalue weighted by Gasteiger charge is -2.36. The number of carboxylic acids is 1. The Hall–Kier alpha value is -3.67. The molecule has 3 aromatic rings. The SMILES string of the molecule is CCn1nc(Cc2ccc(OC)c(C#N)c2)cc1C1CCN(C[C@H]2CN([C@@H](C(=O)O)C(C)(C)C)C[C@@H]2c2cccc(C)c2)CC1. The number of aryl methyl sites for hydroxylation is 2. The molecular weight excluding hydrogens is 562 g/mol. The third-order valence-electron chi connectivity index (χ3n) is 9.79. The van der Waals surface area contributed by atoms with Crippen molar-refractivity contribution in [2.24, 2.45) is 11.3 Å². The number of rotatable bonds is 10. The van der Waals surface area contributed by atoms with Gasteiger partial charge in [-0.2, -0.15) is 10.4 Å². The van der Waals surface area contributed by atoms with Gasteiger partial charge in [-0.1, -0.05) is 56.7 Å². The number of methoxy groups -OCH3 is 1. The Balaban J connectivity index is 1.27. The highest BCUT2D eigenvalue weighted by atomic mass is 16.5. The maximum Gasteiger partial charge on any atom is 0.321 e. The van der Waals surface area contributed by atoms with Gasteiger partial charge in [0.1, 0.15) is 17.9 Å². The fourth-order valence-electron chi connectivity index (χ4n) is 7.71. The fourth-order valence-corrected chi connectivity index (χ4v) is 7.71. The Morgan fingerprint density at radius 2 is 1.89 bits per heavy atom. The zero-order valence-electron chi connectivity index (χ0n) is 27.8. The summed E-state index contributed by atoms with van der Waals surface area (Å²) >= 11 is 0. The summed E-state index contributed by atoms with van der Waals surface area (Å²) in [6.45, 7) is 15.9. The van der Waals surface area contributed by atoms with Crippen LogP contribution in [0.1, 0.15) is 86.0 Å². The number of piperidine rings is 1. The second-order valence-corrected chi connectivity index (χ2v) is 14.1. The predicted octanol–water partition coefficient (Wildman–Crippen LogP) is 6.08. The lowest BCUT2D eigenvalue weighted by Crippen LogP contribution is -2.48. The average molecular weight is 612 g/mol. The largest absolute Gasteiger partial charge is 0.495 e. The smallest absolute Gasteiger partial charge is 0.321 e. The highest BCUT2D eigenvalue weighted by Crippen LogP contribution is 2.39. The van der Waals surface area contributed by atoms with Crippen LogP contribution in [-0.2, 0) is 17.8 Å². The van der Waals surface area contributed by atoms with Crippen molar-refractivity contribution in [2.45, 2.75) is 78.3 Å². The number of carboxylic acid groups (broad SMARTS) is 1. The van der Waals surface area contributed by atoms with Crippen LogP contribution >= 0.6 is 0 Å². The first-order chi connectivity index (χ1) is 21.5. The van der Waals surface area contributed by atoms with E-state index < -0.39 is 12.0 Å². The zero-order chi connectivity index (χ0) is 32.3. The molecule has 2 aliphatic heterocycles. The van der Waals surface area contributed by atoms with E-state index in [2.05, 4.69) is 64.7 Å². The van der Waals surface area contributed by atoms with Crippen molar-refractivity contribution in [1.82, 2.24) is 19.6 Å². The molecule has 1 aromatic heterocycles. The Kier molecular flexibility index (Phi) is 10.0. The van der Waals surface area contributed by atoms with Crippen LogP contribution in [0.25, 0.3) is 0 Å². The summed E-state index contributed by atoms with van der Waals surface area (Å²) in [5.74, 6) is 1.02. The molecule has 2 aliphatic rings. The molecule has 3 atom stereocenters. The van der Waals surface area contributed by atoms with Gasteiger partial charge in [0.2, 0.25) is 0 Å². The van der Waals surface area contributed by atoms with Crippen molar-refractivity contribution in [3.05, 3.63) is 82.2 Å². The first kappa shape index (κ1) is 32.7. The van der Waals surface area contributed by atoms with Crippen LogP contribution in [0.15, 0.2) is 48.5 Å². The number of carbonyl (C=O) groups is 1. The number of aromatic nitrogens is 2. The van der Waals surface area contributed by atoms with Crippen molar-refractivity contribution < 1.29 is 14.6 Å². The first-order valence-corrected chi connectivity index (χ1v) is 16.4. The number of ether oxygens (including phenoxy) is 1. The Morgan fingerprint density at radius 3 is 2.51 bits per heavy atom. The molecule has 0 aliphatic carbocycles. The highest BCUT2D eigenvalue weighted by Gasteiger charge is 2.44. The summed E-state index contributed by atoms with van der Waals surface area (Å²) in [6, 6.07) is 18.5. The summed E-state index contributed by atoms with van der Waals surface area (Å²) in [4.78, 5) is 17.3. The van der Waals surface area contributed by atoms with E-state index >= 15 is 0 Å². The van der Waals surface area contributed by atoms with Crippen LogP contribution in [-0.4, -0.2) is 76.5 Å². The monoisotopic (exact) mass is 611 g/mol. The van der Waals surface area contributed by atoms with E-state index in [9.17, 15) is 15.2 Å². The Bertz CT molecular complexity index is 1530. The minimum absolute atomic E-state index is 0.315. The molecule has 8 heteroatoms. The van der Waals surface area contributed by atoms with Gasteiger partial charge in [0.25, 0.3) is 0 Å². The van der Waals surface area contributed by atoms with E-state index in [1.165, 1.54) is 16.8 Å². The van der Waals surface area contributed by atoms with Gasteiger partial charge in [-0.05, 0) is 80.4 Å². The number of likely N-dealkylation sites (tertiary alicyclic amines) is 2. The van der Waals surface area contributed by atoms with Gasteiger partial charge >= 0.3 is 5.97 Å². The Morgan fingerprint density at radius 1 is 1.13 bits per heavy atom. The standard InChI is InChI=1S/C37H49N5O3/c1-7-42-33(20-31(39-42)19-26-11-12-34(45-6)29(18-26)21-38)27-13-15-40(16-14-27)22-30-23-41(35(36(43)44)37(3,4)5)24-32(30)28-10-8-9-25(2)17-28/h8-12,17-18,20,27,30,32,35H,7,13-16,19,22-24H2,1-6H3,(H,43,44)/t30-,32+,35-/m0/s1. The van der Waals surface area contributed by atoms with Gasteiger partial charge < -0.3 is 14.7 Å². The minimum Gasteiger partial charge on any atom is -0.495 e. The van der Waals surface area contributed by atoms with Gasteiger partial charge in [0, 0.05) is 50.1 Å². The minimum atomic E-state index is -0.726. The van der Waals surface area contributed by atoms with E-state index in [1.807, 2.05) is 39.0 Å². The number of nitriles is 1. The van der Waals surface area contributed by atoms with Gasteiger partial charge in [-0.25, -0.2) is 0 Å². The summed E-state index contributed by atoms with van der Waals surface area (Å²) in [7, 11) is 1.59. The third kappa shape index (κ3) is 7.43. The second kappa shape index (κ2) is 13.8. The molecule has 2 aromatic carbocycles. The van der Waals surface area contributed by atoms with Crippen LogP contribution < -0.4 is 4.74 Å². The molecule has 1 N–H and O–H groups in total. The van der Waals surface area contributed by atoms with E-state index in [-0.39, 0.29) is 5.41 Å². The second-order valence-electron chi connectivity index (χ2n) is 14.1. The molecule has 0 radical (unpaired) electrons. The summed E-state index contributed by atoms with van der Waals surface area (Å²) in [5, 5.41) is 24.7. The van der Waals surface area contributed by atoms with Crippen LogP contribution in [0.3, 0.4) is 0 Å². The van der Waals surface area contributed by atoms with Crippen molar-refractivity contribution in [3.8, 4) is 11.8 Å². The summed E-state index contributed by atoms with van der Waals surface area (Å²) in [6.07, 6.45) is 2.84. The molecule has 0 saturated carbocycles. The maximum atomic E-state index is 12.4. The molecule has 2 saturated heterocycles. The number of aliphatic carboxylic acids is 1. The summed E-state index contributed by atoms with van der Waals surface area (Å²) in [5.41, 5.74) is 6.17. The predicted molar refractivity (Wildman–Crippen MR) is 177 cm³/mol. The van der Waals surface area contributed by atoms with Crippen LogP contribution in [0, 0.1) is 29.6 Å². The first-order valence-electron chi connectivity index (χ1n) is 16.4. The van der Waals surface area contributed by atoms with Crippen LogP contribution in [0.2, 0.25) is 0 Å². The number of hydrogen-bond acceptors (Lipinski definition) is 6. The van der Waals surface area contributed by atoms with Gasteiger partial charge in [-0.15, -0.1) is 0 Å². The maximum absolute atomic E-state index is 12.4. The highest BCUT2D eigenvalue weighted by molar-refractivity contribution is 5.74.